The smallest absolute Gasteiger partial charge is 0.343 e. The Kier molecular flexibility index (Phi) is 5.30. The van der Waals surface area contributed by atoms with Crippen molar-refractivity contribution in [3.05, 3.63) is 89.5 Å². The molecule has 25 heavy (non-hydrogen) atoms. The lowest BCUT2D eigenvalue weighted by atomic mass is 10.0. The number of hydrogen-bond donors (Lipinski definition) is 0. The van der Waals surface area contributed by atoms with Crippen LogP contribution in [0.15, 0.2) is 72.8 Å². The molecule has 0 unspecified atom stereocenters. The fourth-order valence-corrected chi connectivity index (χ4v) is 2.69. The summed E-state index contributed by atoms with van der Waals surface area (Å²) in [5.74, 6) is 0.223. The topological polar surface area (TPSA) is 26.3 Å². The zero-order valence-electron chi connectivity index (χ0n) is 14.7. The molecule has 0 aliphatic rings. The van der Waals surface area contributed by atoms with Gasteiger partial charge in [-0.25, -0.2) is 4.79 Å². The maximum Gasteiger partial charge on any atom is 0.343 e. The third-order valence-electron chi connectivity index (χ3n) is 4.36. The molecule has 0 aliphatic carbocycles. The van der Waals surface area contributed by atoms with Gasteiger partial charge in [-0.3, -0.25) is 0 Å². The van der Waals surface area contributed by atoms with Crippen LogP contribution < -0.4 is 4.74 Å². The minimum Gasteiger partial charge on any atom is -0.423 e. The van der Waals surface area contributed by atoms with Gasteiger partial charge in [-0.2, -0.15) is 0 Å². The lowest BCUT2D eigenvalue weighted by Gasteiger charge is -2.07. The molecule has 126 valence electrons. The molecule has 2 heteroatoms. The van der Waals surface area contributed by atoms with E-state index in [1.807, 2.05) is 48.5 Å². The van der Waals surface area contributed by atoms with Crippen molar-refractivity contribution in [3.63, 3.8) is 0 Å². The number of aryl methyl sites for hydroxylation is 2. The van der Waals surface area contributed by atoms with Gasteiger partial charge < -0.3 is 4.74 Å². The molecule has 0 saturated carbocycles. The lowest BCUT2D eigenvalue weighted by Crippen LogP contribution is -2.08. The summed E-state index contributed by atoms with van der Waals surface area (Å²) in [6, 6.07) is 23.7. The van der Waals surface area contributed by atoms with E-state index in [0.717, 1.165) is 24.0 Å². The maximum absolute atomic E-state index is 12.2. The van der Waals surface area contributed by atoms with Crippen molar-refractivity contribution in [1.82, 2.24) is 0 Å². The highest BCUT2D eigenvalue weighted by Gasteiger charge is 2.08. The summed E-state index contributed by atoms with van der Waals surface area (Å²) in [6.45, 7) is 4.23. The minimum atomic E-state index is -0.331. The Morgan fingerprint density at radius 1 is 0.680 bits per heavy atom. The van der Waals surface area contributed by atoms with Crippen molar-refractivity contribution in [1.29, 1.82) is 0 Å². The molecule has 0 N–H and O–H groups in total. The number of hydrogen-bond acceptors (Lipinski definition) is 2. The number of carbonyl (C=O) groups is 1. The van der Waals surface area contributed by atoms with E-state index in [9.17, 15) is 4.79 Å². The van der Waals surface area contributed by atoms with E-state index in [4.69, 9.17) is 4.74 Å². The van der Waals surface area contributed by atoms with Crippen LogP contribution in [0.25, 0.3) is 11.1 Å². The van der Waals surface area contributed by atoms with E-state index in [1.165, 1.54) is 11.1 Å². The largest absolute Gasteiger partial charge is 0.423 e. The van der Waals surface area contributed by atoms with E-state index in [1.54, 1.807) is 0 Å². The molecule has 0 radical (unpaired) electrons. The molecule has 0 aliphatic heterocycles. The summed E-state index contributed by atoms with van der Waals surface area (Å²) in [6.07, 6.45) is 1.99. The predicted octanol–water partition coefficient (Wildman–Crippen LogP) is 5.70. The first-order valence-electron chi connectivity index (χ1n) is 8.70. The highest BCUT2D eigenvalue weighted by atomic mass is 16.5. The minimum absolute atomic E-state index is 0.331. The van der Waals surface area contributed by atoms with E-state index >= 15 is 0 Å². The van der Waals surface area contributed by atoms with Crippen LogP contribution in [-0.2, 0) is 12.8 Å². The summed E-state index contributed by atoms with van der Waals surface area (Å²) in [5, 5.41) is 0. The average molecular weight is 330 g/mol. The van der Waals surface area contributed by atoms with E-state index in [2.05, 4.69) is 38.1 Å². The lowest BCUT2D eigenvalue weighted by molar-refractivity contribution is 0.0735. The van der Waals surface area contributed by atoms with E-state index in [0.29, 0.717) is 11.3 Å². The number of rotatable bonds is 5. The Hall–Kier alpha value is -2.87. The van der Waals surface area contributed by atoms with Gasteiger partial charge in [0.05, 0.1) is 5.56 Å². The molecule has 0 heterocycles. The molecule has 0 bridgehead atoms. The van der Waals surface area contributed by atoms with Crippen LogP contribution in [0.5, 0.6) is 5.75 Å². The van der Waals surface area contributed by atoms with Crippen molar-refractivity contribution in [3.8, 4) is 16.9 Å². The van der Waals surface area contributed by atoms with Crippen molar-refractivity contribution in [2.45, 2.75) is 26.7 Å². The zero-order valence-corrected chi connectivity index (χ0v) is 14.7. The molecular weight excluding hydrogens is 308 g/mol. The maximum atomic E-state index is 12.2. The average Bonchev–Trinajstić information content (AvgIpc) is 2.68. The summed E-state index contributed by atoms with van der Waals surface area (Å²) in [4.78, 5) is 12.2. The molecule has 0 amide bonds. The first-order valence-corrected chi connectivity index (χ1v) is 8.70. The fourth-order valence-electron chi connectivity index (χ4n) is 2.69. The number of carbonyl (C=O) groups excluding carboxylic acids is 1. The van der Waals surface area contributed by atoms with Crippen LogP contribution in [0.1, 0.15) is 35.3 Å². The van der Waals surface area contributed by atoms with Crippen LogP contribution >= 0.6 is 0 Å². The summed E-state index contributed by atoms with van der Waals surface area (Å²) >= 11 is 0. The Morgan fingerprint density at radius 3 is 1.60 bits per heavy atom. The van der Waals surface area contributed by atoms with E-state index in [-0.39, 0.29) is 5.97 Å². The van der Waals surface area contributed by atoms with Gasteiger partial charge in [0.25, 0.3) is 0 Å². The van der Waals surface area contributed by atoms with Gasteiger partial charge in [-0.05, 0) is 59.4 Å². The monoisotopic (exact) mass is 330 g/mol. The molecular formula is C23H22O2. The third kappa shape index (κ3) is 4.16. The van der Waals surface area contributed by atoms with Crippen molar-refractivity contribution < 1.29 is 9.53 Å². The molecule has 0 saturated heterocycles. The van der Waals surface area contributed by atoms with E-state index < -0.39 is 0 Å². The fraction of sp³-hybridized carbons (Fsp3) is 0.174. The van der Waals surface area contributed by atoms with Crippen LogP contribution in [-0.4, -0.2) is 5.97 Å². The quantitative estimate of drug-likeness (QED) is 0.443. The van der Waals surface area contributed by atoms with Gasteiger partial charge >= 0.3 is 5.97 Å². The number of ether oxygens (including phenoxy) is 1. The van der Waals surface area contributed by atoms with Crippen LogP contribution in [0.4, 0.5) is 0 Å². The second kappa shape index (κ2) is 7.80. The molecule has 3 aromatic rings. The Morgan fingerprint density at radius 2 is 1.12 bits per heavy atom. The van der Waals surface area contributed by atoms with Gasteiger partial charge in [0.15, 0.2) is 0 Å². The Balaban J connectivity index is 1.69. The third-order valence-corrected chi connectivity index (χ3v) is 4.36. The molecule has 3 aromatic carbocycles. The number of benzene rings is 3. The summed E-state index contributed by atoms with van der Waals surface area (Å²) < 4.78 is 5.46. The van der Waals surface area contributed by atoms with Gasteiger partial charge in [0, 0.05) is 0 Å². The SMILES string of the molecule is CCc1ccc(C(=O)Oc2ccc(-c3ccc(CC)cc3)cc2)cc1. The van der Waals surface area contributed by atoms with Crippen molar-refractivity contribution >= 4 is 5.97 Å². The van der Waals surface area contributed by atoms with Gasteiger partial charge in [-0.15, -0.1) is 0 Å². The Bertz CT molecular complexity index is 829. The molecule has 3 rings (SSSR count). The molecule has 0 atom stereocenters. The van der Waals surface area contributed by atoms with Crippen molar-refractivity contribution in [2.75, 3.05) is 0 Å². The zero-order chi connectivity index (χ0) is 17.6. The summed E-state index contributed by atoms with van der Waals surface area (Å²) in [5.41, 5.74) is 5.36. The van der Waals surface area contributed by atoms with Gasteiger partial charge in [-0.1, -0.05) is 62.4 Å². The summed E-state index contributed by atoms with van der Waals surface area (Å²) in [7, 11) is 0. The standard InChI is InChI=1S/C23H22O2/c1-3-17-5-9-19(10-6-17)20-13-15-22(16-14-20)25-23(24)21-11-7-18(4-2)8-12-21/h5-16H,3-4H2,1-2H3. The molecule has 0 spiro atoms. The molecule has 0 aromatic heterocycles. The number of esters is 1. The first-order chi connectivity index (χ1) is 12.2. The van der Waals surface area contributed by atoms with Gasteiger partial charge in [0.2, 0.25) is 0 Å². The van der Waals surface area contributed by atoms with Crippen LogP contribution in [0, 0.1) is 0 Å². The predicted molar refractivity (Wildman–Crippen MR) is 102 cm³/mol. The Labute approximate surface area is 149 Å². The van der Waals surface area contributed by atoms with Crippen LogP contribution in [0.2, 0.25) is 0 Å². The second-order valence-corrected chi connectivity index (χ2v) is 6.01. The van der Waals surface area contributed by atoms with Crippen LogP contribution in [0.3, 0.4) is 0 Å². The normalized spacial score (nSPS) is 10.5. The second-order valence-electron chi connectivity index (χ2n) is 6.01. The molecule has 0 fully saturated rings. The molecule has 2 nitrogen and oxygen atoms in total. The highest BCUT2D eigenvalue weighted by molar-refractivity contribution is 5.91. The highest BCUT2D eigenvalue weighted by Crippen LogP contribution is 2.23. The van der Waals surface area contributed by atoms with Gasteiger partial charge in [0.1, 0.15) is 5.75 Å². The first kappa shape index (κ1) is 17.0. The van der Waals surface area contributed by atoms with Crippen molar-refractivity contribution in [2.24, 2.45) is 0 Å².